The van der Waals surface area contributed by atoms with Gasteiger partial charge in [0.1, 0.15) is 0 Å². The fourth-order valence-electron chi connectivity index (χ4n) is 2.23. The molecular weight excluding hydrogens is 224 g/mol. The summed E-state index contributed by atoms with van der Waals surface area (Å²) < 4.78 is 0. The van der Waals surface area contributed by atoms with Crippen LogP contribution >= 0.6 is 0 Å². The summed E-state index contributed by atoms with van der Waals surface area (Å²) in [6.45, 7) is 0. The zero-order chi connectivity index (χ0) is 12.6. The first-order valence-electron chi connectivity index (χ1n) is 6.63. The molecule has 1 aliphatic rings. The van der Waals surface area contributed by atoms with Crippen molar-refractivity contribution >= 4 is 11.6 Å². The lowest BCUT2D eigenvalue weighted by molar-refractivity contribution is -0.111. The van der Waals surface area contributed by atoms with Crippen molar-refractivity contribution in [3.05, 3.63) is 42.6 Å². The number of hydrogen-bond donors (Lipinski definition) is 2. The second-order valence-electron chi connectivity index (χ2n) is 4.69. The standard InChI is InChI=1S/C15H20N2O/c18-15(17-14-9-5-2-6-10-14)11-12-16-13-7-3-1-4-8-13/h2,5-6,9-13,16H,1,3-4,7-8H2,(H,17,18). The molecule has 0 aromatic heterocycles. The molecule has 0 atom stereocenters. The van der Waals surface area contributed by atoms with Crippen molar-refractivity contribution < 1.29 is 4.79 Å². The second kappa shape index (κ2) is 6.84. The Bertz CT molecular complexity index is 394. The molecule has 0 unspecified atom stereocenters. The number of nitrogens with one attached hydrogen (secondary N) is 2. The van der Waals surface area contributed by atoms with E-state index in [-0.39, 0.29) is 5.91 Å². The van der Waals surface area contributed by atoms with E-state index in [4.69, 9.17) is 0 Å². The average Bonchev–Trinajstić information content (AvgIpc) is 2.41. The van der Waals surface area contributed by atoms with Crippen LogP contribution in [0.4, 0.5) is 5.69 Å². The summed E-state index contributed by atoms with van der Waals surface area (Å²) in [5.41, 5.74) is 0.824. The number of rotatable bonds is 4. The van der Waals surface area contributed by atoms with Crippen LogP contribution in [0.25, 0.3) is 0 Å². The van der Waals surface area contributed by atoms with E-state index in [0.29, 0.717) is 6.04 Å². The third-order valence-electron chi connectivity index (χ3n) is 3.21. The minimum absolute atomic E-state index is 0.0930. The molecule has 0 heterocycles. The average molecular weight is 244 g/mol. The molecule has 18 heavy (non-hydrogen) atoms. The molecule has 0 aliphatic heterocycles. The normalized spacial score (nSPS) is 16.7. The van der Waals surface area contributed by atoms with Gasteiger partial charge in [-0.2, -0.15) is 0 Å². The molecule has 0 saturated heterocycles. The summed E-state index contributed by atoms with van der Waals surface area (Å²) in [5.74, 6) is -0.0930. The summed E-state index contributed by atoms with van der Waals surface area (Å²) in [7, 11) is 0. The van der Waals surface area contributed by atoms with Gasteiger partial charge in [0.15, 0.2) is 0 Å². The van der Waals surface area contributed by atoms with E-state index in [1.54, 1.807) is 12.3 Å². The number of carbonyl (C=O) groups excluding carboxylic acids is 1. The largest absolute Gasteiger partial charge is 0.388 e. The molecule has 1 aliphatic carbocycles. The van der Waals surface area contributed by atoms with Crippen LogP contribution in [0.3, 0.4) is 0 Å². The molecule has 1 saturated carbocycles. The lowest BCUT2D eigenvalue weighted by Gasteiger charge is -2.21. The molecule has 1 amide bonds. The first-order chi connectivity index (χ1) is 8.84. The van der Waals surface area contributed by atoms with Gasteiger partial charge in [-0.3, -0.25) is 4.79 Å². The molecule has 1 aromatic carbocycles. The van der Waals surface area contributed by atoms with E-state index in [1.165, 1.54) is 32.1 Å². The van der Waals surface area contributed by atoms with Gasteiger partial charge in [-0.25, -0.2) is 0 Å². The molecule has 2 N–H and O–H groups in total. The number of carbonyl (C=O) groups is 1. The van der Waals surface area contributed by atoms with Gasteiger partial charge in [0.25, 0.3) is 0 Å². The van der Waals surface area contributed by atoms with Gasteiger partial charge in [0, 0.05) is 24.0 Å². The van der Waals surface area contributed by atoms with Crippen molar-refractivity contribution in [2.45, 2.75) is 38.1 Å². The Morgan fingerprint density at radius 3 is 2.56 bits per heavy atom. The maximum atomic E-state index is 11.6. The molecule has 0 radical (unpaired) electrons. The molecule has 0 spiro atoms. The van der Waals surface area contributed by atoms with Gasteiger partial charge in [0.05, 0.1) is 0 Å². The second-order valence-corrected chi connectivity index (χ2v) is 4.69. The third-order valence-corrected chi connectivity index (χ3v) is 3.21. The fourth-order valence-corrected chi connectivity index (χ4v) is 2.23. The first kappa shape index (κ1) is 12.7. The lowest BCUT2D eigenvalue weighted by Crippen LogP contribution is -2.26. The fraction of sp³-hybridized carbons (Fsp3) is 0.400. The van der Waals surface area contributed by atoms with Gasteiger partial charge in [-0.15, -0.1) is 0 Å². The van der Waals surface area contributed by atoms with E-state index < -0.39 is 0 Å². The zero-order valence-corrected chi connectivity index (χ0v) is 10.6. The summed E-state index contributed by atoms with van der Waals surface area (Å²) >= 11 is 0. The third kappa shape index (κ3) is 4.24. The molecule has 1 aromatic rings. The Hall–Kier alpha value is -1.77. The van der Waals surface area contributed by atoms with Crippen LogP contribution in [0.2, 0.25) is 0 Å². The highest BCUT2D eigenvalue weighted by molar-refractivity contribution is 5.99. The Morgan fingerprint density at radius 1 is 1.11 bits per heavy atom. The Kier molecular flexibility index (Phi) is 4.82. The highest BCUT2D eigenvalue weighted by atomic mass is 16.1. The number of amides is 1. The van der Waals surface area contributed by atoms with Gasteiger partial charge in [0.2, 0.25) is 5.91 Å². The van der Waals surface area contributed by atoms with E-state index in [2.05, 4.69) is 10.6 Å². The quantitative estimate of drug-likeness (QED) is 0.799. The van der Waals surface area contributed by atoms with Crippen molar-refractivity contribution in [2.75, 3.05) is 5.32 Å². The first-order valence-corrected chi connectivity index (χ1v) is 6.63. The molecule has 3 heteroatoms. The molecular formula is C15H20N2O. The number of benzene rings is 1. The van der Waals surface area contributed by atoms with Crippen molar-refractivity contribution in [2.24, 2.45) is 0 Å². The summed E-state index contributed by atoms with van der Waals surface area (Å²) in [5, 5.41) is 6.11. The van der Waals surface area contributed by atoms with Gasteiger partial charge in [-0.1, -0.05) is 37.5 Å². The van der Waals surface area contributed by atoms with Gasteiger partial charge >= 0.3 is 0 Å². The predicted octanol–water partition coefficient (Wildman–Crippen LogP) is 3.06. The van der Waals surface area contributed by atoms with Crippen molar-refractivity contribution in [1.82, 2.24) is 5.32 Å². The van der Waals surface area contributed by atoms with Crippen molar-refractivity contribution in [3.63, 3.8) is 0 Å². The summed E-state index contributed by atoms with van der Waals surface area (Å²) in [6.07, 6.45) is 9.69. The van der Waals surface area contributed by atoms with Crippen molar-refractivity contribution in [3.8, 4) is 0 Å². The van der Waals surface area contributed by atoms with Crippen LogP contribution in [-0.4, -0.2) is 11.9 Å². The van der Waals surface area contributed by atoms with Crippen LogP contribution in [0.5, 0.6) is 0 Å². The summed E-state index contributed by atoms with van der Waals surface area (Å²) in [4.78, 5) is 11.6. The minimum atomic E-state index is -0.0930. The zero-order valence-electron chi connectivity index (χ0n) is 10.6. The molecule has 0 bridgehead atoms. The minimum Gasteiger partial charge on any atom is -0.388 e. The highest BCUT2D eigenvalue weighted by Crippen LogP contribution is 2.17. The van der Waals surface area contributed by atoms with Crippen LogP contribution < -0.4 is 10.6 Å². The van der Waals surface area contributed by atoms with Crippen LogP contribution in [0, 0.1) is 0 Å². The van der Waals surface area contributed by atoms with Crippen LogP contribution in [0.1, 0.15) is 32.1 Å². The SMILES string of the molecule is O=C(C=CNC1CCCCC1)Nc1ccccc1. The Balaban J connectivity index is 1.73. The molecule has 3 nitrogen and oxygen atoms in total. The van der Waals surface area contributed by atoms with Crippen molar-refractivity contribution in [1.29, 1.82) is 0 Å². The van der Waals surface area contributed by atoms with E-state index in [9.17, 15) is 4.79 Å². The van der Waals surface area contributed by atoms with Crippen LogP contribution in [0.15, 0.2) is 42.6 Å². The Labute approximate surface area is 108 Å². The lowest BCUT2D eigenvalue weighted by atomic mass is 9.96. The number of para-hydroxylation sites is 1. The summed E-state index contributed by atoms with van der Waals surface area (Å²) in [6, 6.07) is 10.0. The van der Waals surface area contributed by atoms with E-state index in [0.717, 1.165) is 5.69 Å². The number of hydrogen-bond acceptors (Lipinski definition) is 2. The Morgan fingerprint density at radius 2 is 1.83 bits per heavy atom. The smallest absolute Gasteiger partial charge is 0.249 e. The van der Waals surface area contributed by atoms with Crippen LogP contribution in [-0.2, 0) is 4.79 Å². The number of anilines is 1. The monoisotopic (exact) mass is 244 g/mol. The molecule has 1 fully saturated rings. The van der Waals surface area contributed by atoms with Gasteiger partial charge < -0.3 is 10.6 Å². The molecule has 2 rings (SSSR count). The maximum Gasteiger partial charge on any atom is 0.249 e. The van der Waals surface area contributed by atoms with Gasteiger partial charge in [-0.05, 0) is 25.0 Å². The highest BCUT2D eigenvalue weighted by Gasteiger charge is 2.10. The van der Waals surface area contributed by atoms with E-state index in [1.807, 2.05) is 30.3 Å². The van der Waals surface area contributed by atoms with E-state index >= 15 is 0 Å². The molecule has 96 valence electrons. The topological polar surface area (TPSA) is 41.1 Å². The predicted molar refractivity (Wildman–Crippen MR) is 74.2 cm³/mol. The maximum absolute atomic E-state index is 11.6.